The lowest BCUT2D eigenvalue weighted by Crippen LogP contribution is -2.09. The summed E-state index contributed by atoms with van der Waals surface area (Å²) in [5.41, 5.74) is 5.21. The number of hydrogen-bond donors (Lipinski definition) is 0. The fourth-order valence-corrected chi connectivity index (χ4v) is 7.20. The maximum Gasteiger partial charge on any atom is 0.356 e. The Hall–Kier alpha value is -4.72. The third-order valence-corrected chi connectivity index (χ3v) is 9.96. The van der Waals surface area contributed by atoms with E-state index in [0.717, 1.165) is 103 Å². The number of aromatic nitrogens is 4. The van der Waals surface area contributed by atoms with Crippen LogP contribution in [-0.4, -0.2) is 44.3 Å². The molecule has 0 N–H and O–H groups in total. The third-order valence-electron chi connectivity index (χ3n) is 9.96. The van der Waals surface area contributed by atoms with Gasteiger partial charge in [0.1, 0.15) is 11.4 Å². The number of benzene rings is 2. The maximum absolute atomic E-state index is 12.8. The Morgan fingerprint density at radius 3 is 1.35 bits per heavy atom. The van der Waals surface area contributed by atoms with Gasteiger partial charge in [-0.15, -0.1) is 0 Å². The van der Waals surface area contributed by atoms with Crippen LogP contribution in [0.4, 0.5) is 0 Å². The molecular formula is C43H52N4O4. The normalized spacial score (nSPS) is 11.6. The van der Waals surface area contributed by atoms with Crippen molar-refractivity contribution in [3.63, 3.8) is 0 Å². The van der Waals surface area contributed by atoms with Crippen LogP contribution in [0.2, 0.25) is 0 Å². The van der Waals surface area contributed by atoms with E-state index in [-0.39, 0.29) is 11.9 Å². The molecule has 0 atom stereocenters. The summed E-state index contributed by atoms with van der Waals surface area (Å²) < 4.78 is 15.8. The Balaban J connectivity index is 0.878. The van der Waals surface area contributed by atoms with Crippen molar-refractivity contribution in [1.29, 1.82) is 0 Å². The van der Waals surface area contributed by atoms with Crippen molar-refractivity contribution in [2.45, 2.75) is 110 Å². The number of nitrogens with zero attached hydrogens (tertiary/aromatic N) is 4. The molecule has 0 aliphatic heterocycles. The highest BCUT2D eigenvalue weighted by Gasteiger charge is 2.17. The predicted octanol–water partition coefficient (Wildman–Crippen LogP) is 10.8. The molecule has 0 aliphatic rings. The third kappa shape index (κ3) is 8.61. The second-order valence-corrected chi connectivity index (χ2v) is 13.7. The zero-order valence-electron chi connectivity index (χ0n) is 30.4. The second kappa shape index (κ2) is 18.0. The van der Waals surface area contributed by atoms with Crippen LogP contribution in [0, 0.1) is 0 Å². The average molecular weight is 689 g/mol. The minimum atomic E-state index is -0.362. The van der Waals surface area contributed by atoms with Crippen molar-refractivity contribution >= 4 is 55.6 Å². The SMILES string of the molecule is CCCCCn1c2ccccc2c2cc(C(=O)OCCCCCCCCCOC(=O)c3cc4c5ccccc5n(CCCCC)c4cn3)ncc21. The molecule has 0 unspecified atom stereocenters. The van der Waals surface area contributed by atoms with Crippen LogP contribution < -0.4 is 0 Å². The molecule has 0 spiro atoms. The van der Waals surface area contributed by atoms with Gasteiger partial charge >= 0.3 is 11.9 Å². The summed E-state index contributed by atoms with van der Waals surface area (Å²) >= 11 is 0. The number of rotatable bonds is 20. The highest BCUT2D eigenvalue weighted by atomic mass is 16.5. The number of carbonyl (C=O) groups is 2. The van der Waals surface area contributed by atoms with E-state index in [1.54, 1.807) is 0 Å². The first-order valence-electron chi connectivity index (χ1n) is 19.2. The topological polar surface area (TPSA) is 88.2 Å². The molecule has 0 aliphatic carbocycles. The average Bonchev–Trinajstić information content (AvgIpc) is 3.65. The van der Waals surface area contributed by atoms with Crippen LogP contribution in [-0.2, 0) is 22.6 Å². The van der Waals surface area contributed by atoms with E-state index in [2.05, 4.69) is 69.3 Å². The zero-order chi connectivity index (χ0) is 35.4. The molecule has 4 heterocycles. The lowest BCUT2D eigenvalue weighted by atomic mass is 10.1. The van der Waals surface area contributed by atoms with Gasteiger partial charge in [-0.25, -0.2) is 19.6 Å². The fraction of sp³-hybridized carbons (Fsp3) is 0.442. The number of ether oxygens (including phenoxy) is 2. The molecule has 8 nitrogen and oxygen atoms in total. The molecule has 2 aromatic carbocycles. The van der Waals surface area contributed by atoms with E-state index in [1.165, 1.54) is 36.7 Å². The van der Waals surface area contributed by atoms with Crippen LogP contribution in [0.25, 0.3) is 43.6 Å². The Bertz CT molecular complexity index is 1930. The first-order chi connectivity index (χ1) is 25.1. The number of pyridine rings is 2. The van der Waals surface area contributed by atoms with Crippen molar-refractivity contribution in [3.8, 4) is 0 Å². The molecule has 0 saturated carbocycles. The van der Waals surface area contributed by atoms with Gasteiger partial charge in [-0.1, -0.05) is 108 Å². The minimum absolute atomic E-state index is 0.362. The van der Waals surface area contributed by atoms with E-state index in [4.69, 9.17) is 9.47 Å². The van der Waals surface area contributed by atoms with Crippen molar-refractivity contribution in [2.24, 2.45) is 0 Å². The number of esters is 2. The number of carbonyl (C=O) groups excluding carboxylic acids is 2. The molecule has 0 fully saturated rings. The molecule has 0 bridgehead atoms. The van der Waals surface area contributed by atoms with Crippen LogP contribution >= 0.6 is 0 Å². The highest BCUT2D eigenvalue weighted by Crippen LogP contribution is 2.31. The van der Waals surface area contributed by atoms with Gasteiger partial charge in [0.2, 0.25) is 0 Å². The van der Waals surface area contributed by atoms with Crippen molar-refractivity contribution < 1.29 is 19.1 Å². The first kappa shape index (κ1) is 36.1. The Morgan fingerprint density at radius 2 is 0.922 bits per heavy atom. The van der Waals surface area contributed by atoms with Crippen molar-refractivity contribution in [2.75, 3.05) is 13.2 Å². The Morgan fingerprint density at radius 1 is 0.510 bits per heavy atom. The van der Waals surface area contributed by atoms with Crippen molar-refractivity contribution in [1.82, 2.24) is 19.1 Å². The summed E-state index contributed by atoms with van der Waals surface area (Å²) in [6.07, 6.45) is 17.5. The maximum atomic E-state index is 12.8. The summed E-state index contributed by atoms with van der Waals surface area (Å²) in [5, 5.41) is 4.39. The lowest BCUT2D eigenvalue weighted by Gasteiger charge is -2.08. The number of para-hydroxylation sites is 2. The Labute approximate surface area is 301 Å². The van der Waals surface area contributed by atoms with Crippen LogP contribution in [0.3, 0.4) is 0 Å². The molecule has 0 saturated heterocycles. The molecular weight excluding hydrogens is 636 g/mol. The lowest BCUT2D eigenvalue weighted by molar-refractivity contribution is 0.0484. The smallest absolute Gasteiger partial charge is 0.356 e. The zero-order valence-corrected chi connectivity index (χ0v) is 30.4. The van der Waals surface area contributed by atoms with E-state index >= 15 is 0 Å². The summed E-state index contributed by atoms with van der Waals surface area (Å²) in [7, 11) is 0. The molecule has 8 heteroatoms. The van der Waals surface area contributed by atoms with Gasteiger partial charge in [-0.2, -0.15) is 0 Å². The van der Waals surface area contributed by atoms with Crippen LogP contribution in [0.15, 0.2) is 73.1 Å². The molecule has 0 radical (unpaired) electrons. The summed E-state index contributed by atoms with van der Waals surface area (Å²) in [6, 6.07) is 20.5. The monoisotopic (exact) mass is 688 g/mol. The number of unbranched alkanes of at least 4 members (excludes halogenated alkanes) is 10. The molecule has 6 aromatic rings. The van der Waals surface area contributed by atoms with Gasteiger partial charge in [-0.3, -0.25) is 0 Å². The van der Waals surface area contributed by atoms with E-state index in [9.17, 15) is 9.59 Å². The fourth-order valence-electron chi connectivity index (χ4n) is 7.20. The highest BCUT2D eigenvalue weighted by molar-refractivity contribution is 6.10. The quantitative estimate of drug-likeness (QED) is 0.0586. The summed E-state index contributed by atoms with van der Waals surface area (Å²) in [6.45, 7) is 7.10. The molecule has 51 heavy (non-hydrogen) atoms. The number of fused-ring (bicyclic) bond motifs is 6. The molecule has 4 aromatic heterocycles. The van der Waals surface area contributed by atoms with Gasteiger partial charge in [-0.05, 0) is 49.9 Å². The largest absolute Gasteiger partial charge is 0.461 e. The van der Waals surface area contributed by atoms with Gasteiger partial charge in [0.05, 0.1) is 36.6 Å². The molecule has 6 rings (SSSR count). The number of hydrogen-bond acceptors (Lipinski definition) is 6. The van der Waals surface area contributed by atoms with Gasteiger partial charge in [0, 0.05) is 45.7 Å². The summed E-state index contributed by atoms with van der Waals surface area (Å²) in [5.74, 6) is -0.725. The second-order valence-electron chi connectivity index (χ2n) is 13.7. The predicted molar refractivity (Wildman–Crippen MR) is 206 cm³/mol. The molecule has 0 amide bonds. The van der Waals surface area contributed by atoms with Crippen molar-refractivity contribution in [3.05, 3.63) is 84.4 Å². The van der Waals surface area contributed by atoms with E-state index in [0.29, 0.717) is 24.6 Å². The van der Waals surface area contributed by atoms with Gasteiger partial charge < -0.3 is 18.6 Å². The first-order valence-corrected chi connectivity index (χ1v) is 19.2. The molecule has 268 valence electrons. The van der Waals surface area contributed by atoms with Crippen LogP contribution in [0.5, 0.6) is 0 Å². The minimum Gasteiger partial charge on any atom is -0.461 e. The van der Waals surface area contributed by atoms with Gasteiger partial charge in [0.15, 0.2) is 0 Å². The van der Waals surface area contributed by atoms with E-state index in [1.807, 2.05) is 36.7 Å². The van der Waals surface area contributed by atoms with Crippen LogP contribution in [0.1, 0.15) is 118 Å². The number of aryl methyl sites for hydroxylation is 2. The van der Waals surface area contributed by atoms with Gasteiger partial charge in [0.25, 0.3) is 0 Å². The van der Waals surface area contributed by atoms with E-state index < -0.39 is 0 Å². The summed E-state index contributed by atoms with van der Waals surface area (Å²) in [4.78, 5) is 34.7. The Kier molecular flexibility index (Phi) is 12.7. The standard InChI is InChI=1S/C43H52N4O4/c1-3-5-16-24-46-38-22-14-12-20-32(38)34-28-36(44-30-40(34)46)42(48)50-26-18-10-8-7-9-11-19-27-51-43(49)37-29-35-33-21-13-15-23-39(33)47(25-17-6-4-2)41(35)31-45-37/h12-15,20-23,28-31H,3-11,16-19,24-27H2,1-2H3.